The van der Waals surface area contributed by atoms with Gasteiger partial charge in [0.05, 0.1) is 19.2 Å². The van der Waals surface area contributed by atoms with Crippen molar-refractivity contribution >= 4 is 11.8 Å². The smallest absolute Gasteiger partial charge is 0.381 e. The standard InChI is InChI=1S/C12H11N3O4/c1-19-12(16)10-4-2-3-9(5-10)6-14-7-11(13-8-14)15(17)18/h2-5,7-8H,6H2,1H3. The Morgan fingerprint density at radius 2 is 2.32 bits per heavy atom. The number of carbonyl (C=O) groups is 1. The molecule has 0 atom stereocenters. The van der Waals surface area contributed by atoms with Crippen LogP contribution < -0.4 is 0 Å². The first-order chi connectivity index (χ1) is 9.10. The lowest BCUT2D eigenvalue weighted by atomic mass is 10.1. The van der Waals surface area contributed by atoms with Gasteiger partial charge in [0.25, 0.3) is 0 Å². The Morgan fingerprint density at radius 3 is 2.95 bits per heavy atom. The van der Waals surface area contributed by atoms with Gasteiger partial charge in [0.2, 0.25) is 6.33 Å². The molecule has 0 fully saturated rings. The summed E-state index contributed by atoms with van der Waals surface area (Å²) in [6.07, 6.45) is 2.72. The van der Waals surface area contributed by atoms with Crippen LogP contribution in [0.2, 0.25) is 0 Å². The van der Waals surface area contributed by atoms with Gasteiger partial charge in [0.15, 0.2) is 0 Å². The number of esters is 1. The van der Waals surface area contributed by atoms with E-state index in [1.54, 1.807) is 22.8 Å². The molecule has 0 N–H and O–H groups in total. The largest absolute Gasteiger partial charge is 0.465 e. The van der Waals surface area contributed by atoms with Crippen molar-refractivity contribution < 1.29 is 14.5 Å². The number of nitro groups is 1. The van der Waals surface area contributed by atoms with Crippen molar-refractivity contribution in [1.82, 2.24) is 9.55 Å². The van der Waals surface area contributed by atoms with Gasteiger partial charge < -0.3 is 19.4 Å². The molecular formula is C12H11N3O4. The first kappa shape index (κ1) is 12.7. The van der Waals surface area contributed by atoms with Crippen LogP contribution in [0.5, 0.6) is 0 Å². The summed E-state index contributed by atoms with van der Waals surface area (Å²) in [5, 5.41) is 10.5. The Balaban J connectivity index is 2.18. The lowest BCUT2D eigenvalue weighted by Gasteiger charge is -2.03. The normalized spacial score (nSPS) is 10.2. The number of nitrogens with zero attached hydrogens (tertiary/aromatic N) is 3. The monoisotopic (exact) mass is 261 g/mol. The lowest BCUT2D eigenvalue weighted by Crippen LogP contribution is -2.03. The van der Waals surface area contributed by atoms with Gasteiger partial charge in [-0.05, 0) is 27.6 Å². The van der Waals surface area contributed by atoms with Crippen molar-refractivity contribution in [1.29, 1.82) is 0 Å². The number of methoxy groups -OCH3 is 1. The Bertz CT molecular complexity index is 621. The molecule has 0 aliphatic carbocycles. The number of benzene rings is 1. The topological polar surface area (TPSA) is 87.3 Å². The molecule has 0 radical (unpaired) electrons. The molecule has 1 aromatic carbocycles. The second-order valence-corrected chi connectivity index (χ2v) is 3.85. The highest BCUT2D eigenvalue weighted by molar-refractivity contribution is 5.89. The molecule has 2 rings (SSSR count). The summed E-state index contributed by atoms with van der Waals surface area (Å²) >= 11 is 0. The summed E-state index contributed by atoms with van der Waals surface area (Å²) in [6.45, 7) is 0.395. The van der Waals surface area contributed by atoms with Crippen LogP contribution >= 0.6 is 0 Å². The first-order valence-electron chi connectivity index (χ1n) is 5.43. The molecule has 0 spiro atoms. The van der Waals surface area contributed by atoms with Crippen LogP contribution in [0.25, 0.3) is 0 Å². The number of imidazole rings is 1. The average Bonchev–Trinajstić information content (AvgIpc) is 2.87. The minimum atomic E-state index is -0.554. The molecule has 1 heterocycles. The minimum Gasteiger partial charge on any atom is -0.465 e. The fourth-order valence-electron chi connectivity index (χ4n) is 1.65. The highest BCUT2D eigenvalue weighted by Crippen LogP contribution is 2.11. The third-order valence-electron chi connectivity index (χ3n) is 2.52. The van der Waals surface area contributed by atoms with Gasteiger partial charge in [-0.25, -0.2) is 4.79 Å². The summed E-state index contributed by atoms with van der Waals surface area (Å²) in [4.78, 5) is 25.0. The number of carbonyl (C=O) groups excluding carboxylic acids is 1. The van der Waals surface area contributed by atoms with Crippen molar-refractivity contribution in [3.63, 3.8) is 0 Å². The van der Waals surface area contributed by atoms with E-state index in [0.717, 1.165) is 5.56 Å². The van der Waals surface area contributed by atoms with Gasteiger partial charge in [0.1, 0.15) is 6.20 Å². The van der Waals surface area contributed by atoms with E-state index in [0.29, 0.717) is 12.1 Å². The molecule has 0 saturated heterocycles. The molecule has 19 heavy (non-hydrogen) atoms. The van der Waals surface area contributed by atoms with Gasteiger partial charge in [-0.3, -0.25) is 0 Å². The molecule has 98 valence electrons. The average molecular weight is 261 g/mol. The van der Waals surface area contributed by atoms with Crippen LogP contribution in [-0.2, 0) is 11.3 Å². The van der Waals surface area contributed by atoms with Crippen LogP contribution in [0.4, 0.5) is 5.82 Å². The van der Waals surface area contributed by atoms with Gasteiger partial charge >= 0.3 is 11.8 Å². The Kier molecular flexibility index (Phi) is 3.56. The lowest BCUT2D eigenvalue weighted by molar-refractivity contribution is -0.389. The molecule has 0 amide bonds. The van der Waals surface area contributed by atoms with E-state index in [4.69, 9.17) is 0 Å². The zero-order valence-corrected chi connectivity index (χ0v) is 10.1. The Morgan fingerprint density at radius 1 is 1.53 bits per heavy atom. The fourth-order valence-corrected chi connectivity index (χ4v) is 1.65. The van der Waals surface area contributed by atoms with Crippen LogP contribution in [0.15, 0.2) is 36.8 Å². The fraction of sp³-hybridized carbons (Fsp3) is 0.167. The Hall–Kier alpha value is -2.70. The SMILES string of the molecule is COC(=O)c1cccc(Cn2cnc([N+](=O)[O-])c2)c1. The highest BCUT2D eigenvalue weighted by atomic mass is 16.6. The van der Waals surface area contributed by atoms with E-state index < -0.39 is 10.9 Å². The molecule has 7 nitrogen and oxygen atoms in total. The van der Waals surface area contributed by atoms with Crippen molar-refractivity contribution in [3.8, 4) is 0 Å². The van der Waals surface area contributed by atoms with E-state index in [-0.39, 0.29) is 5.82 Å². The van der Waals surface area contributed by atoms with Gasteiger partial charge in [-0.2, -0.15) is 0 Å². The molecule has 1 aromatic heterocycles. The number of aromatic nitrogens is 2. The maximum Gasteiger partial charge on any atom is 0.381 e. The van der Waals surface area contributed by atoms with Crippen LogP contribution in [0, 0.1) is 10.1 Å². The van der Waals surface area contributed by atoms with Crippen molar-refractivity contribution in [3.05, 3.63) is 58.0 Å². The summed E-state index contributed by atoms with van der Waals surface area (Å²) < 4.78 is 6.21. The third-order valence-corrected chi connectivity index (χ3v) is 2.52. The number of hydrogen-bond acceptors (Lipinski definition) is 5. The minimum absolute atomic E-state index is 0.205. The van der Waals surface area contributed by atoms with Crippen molar-refractivity contribution in [2.24, 2.45) is 0 Å². The number of hydrogen-bond donors (Lipinski definition) is 0. The second kappa shape index (κ2) is 5.30. The van der Waals surface area contributed by atoms with Crippen LogP contribution in [-0.4, -0.2) is 27.6 Å². The van der Waals surface area contributed by atoms with Gasteiger partial charge in [-0.15, -0.1) is 0 Å². The third kappa shape index (κ3) is 2.95. The molecular weight excluding hydrogens is 250 g/mol. The molecule has 0 bridgehead atoms. The molecule has 0 saturated carbocycles. The molecule has 0 aliphatic rings. The summed E-state index contributed by atoms with van der Waals surface area (Å²) in [6, 6.07) is 6.87. The van der Waals surface area contributed by atoms with Crippen LogP contribution in [0.1, 0.15) is 15.9 Å². The zero-order valence-electron chi connectivity index (χ0n) is 10.1. The highest BCUT2D eigenvalue weighted by Gasteiger charge is 2.11. The molecule has 7 heteroatoms. The Labute approximate surface area is 108 Å². The summed E-state index contributed by atoms with van der Waals surface area (Å²) in [5.74, 6) is -0.623. The van der Waals surface area contributed by atoms with E-state index in [1.165, 1.54) is 19.6 Å². The second-order valence-electron chi connectivity index (χ2n) is 3.85. The predicted octanol–water partition coefficient (Wildman–Crippen LogP) is 1.63. The van der Waals surface area contributed by atoms with E-state index in [1.807, 2.05) is 6.07 Å². The van der Waals surface area contributed by atoms with Gasteiger partial charge in [0, 0.05) is 0 Å². The maximum atomic E-state index is 11.4. The predicted molar refractivity (Wildman–Crippen MR) is 65.8 cm³/mol. The maximum absolute atomic E-state index is 11.4. The zero-order chi connectivity index (χ0) is 13.8. The van der Waals surface area contributed by atoms with Crippen molar-refractivity contribution in [2.45, 2.75) is 6.54 Å². The summed E-state index contributed by atoms with van der Waals surface area (Å²) in [5.41, 5.74) is 1.27. The molecule has 0 unspecified atom stereocenters. The van der Waals surface area contributed by atoms with Crippen molar-refractivity contribution in [2.75, 3.05) is 7.11 Å². The van der Waals surface area contributed by atoms with E-state index in [2.05, 4.69) is 9.72 Å². The van der Waals surface area contributed by atoms with E-state index in [9.17, 15) is 14.9 Å². The van der Waals surface area contributed by atoms with Gasteiger partial charge in [-0.1, -0.05) is 12.1 Å². The molecule has 0 aliphatic heterocycles. The van der Waals surface area contributed by atoms with E-state index >= 15 is 0 Å². The quantitative estimate of drug-likeness (QED) is 0.474. The van der Waals surface area contributed by atoms with Crippen LogP contribution in [0.3, 0.4) is 0 Å². The summed E-state index contributed by atoms with van der Waals surface area (Å²) in [7, 11) is 1.31. The number of ether oxygens (including phenoxy) is 1. The number of rotatable bonds is 4. The first-order valence-corrected chi connectivity index (χ1v) is 5.43. The molecule has 2 aromatic rings.